The summed E-state index contributed by atoms with van der Waals surface area (Å²) in [6.45, 7) is 5.26. The summed E-state index contributed by atoms with van der Waals surface area (Å²) in [4.78, 5) is 28.6. The minimum atomic E-state index is -0.898. The normalized spacial score (nSPS) is 36.8. The Hall–Kier alpha value is -2.08. The third-order valence-corrected chi connectivity index (χ3v) is 10.2. The van der Waals surface area contributed by atoms with Gasteiger partial charge < -0.3 is 15.3 Å². The topological polar surface area (TPSA) is 72.9 Å². The molecule has 3 aliphatic heterocycles. The Morgan fingerprint density at radius 2 is 1.68 bits per heavy atom. The number of rotatable bonds is 3. The monoisotopic (exact) mass is 509 g/mol. The van der Waals surface area contributed by atoms with Crippen molar-refractivity contribution in [2.24, 2.45) is 23.7 Å². The summed E-state index contributed by atoms with van der Waals surface area (Å²) in [5, 5.41) is 13.3. The van der Waals surface area contributed by atoms with Gasteiger partial charge in [0.2, 0.25) is 0 Å². The summed E-state index contributed by atoms with van der Waals surface area (Å²) in [5.41, 5.74) is 0.871. The predicted molar refractivity (Wildman–Crippen MR) is 148 cm³/mol. The first-order chi connectivity index (χ1) is 17.9. The van der Waals surface area contributed by atoms with Gasteiger partial charge in [-0.1, -0.05) is 64.2 Å². The van der Waals surface area contributed by atoms with E-state index in [1.807, 2.05) is 35.2 Å². The van der Waals surface area contributed by atoms with Crippen molar-refractivity contribution in [3.63, 3.8) is 0 Å². The number of carbonyl (C=O) groups is 2. The first-order valence-electron chi connectivity index (χ1n) is 15.0. The largest absolute Gasteiger partial charge is 0.480 e. The highest BCUT2D eigenvalue weighted by Crippen LogP contribution is 2.42. The number of carboxylic acid groups (broad SMARTS) is 1. The molecule has 5 fully saturated rings. The van der Waals surface area contributed by atoms with E-state index in [9.17, 15) is 14.7 Å². The molecule has 6 nitrogen and oxygen atoms in total. The molecule has 1 aromatic rings. The number of piperidine rings is 2. The molecule has 6 rings (SSSR count). The lowest BCUT2D eigenvalue weighted by Gasteiger charge is -2.47. The Balaban J connectivity index is 0.000000233. The minimum Gasteiger partial charge on any atom is -0.480 e. The van der Waals surface area contributed by atoms with Gasteiger partial charge in [-0.05, 0) is 80.8 Å². The number of benzene rings is 1. The van der Waals surface area contributed by atoms with E-state index in [2.05, 4.69) is 19.2 Å². The zero-order valence-corrected chi connectivity index (χ0v) is 22.9. The van der Waals surface area contributed by atoms with E-state index in [4.69, 9.17) is 0 Å². The molecule has 204 valence electrons. The third-order valence-electron chi connectivity index (χ3n) is 10.2. The predicted octanol–water partition coefficient (Wildman–Crippen LogP) is 6.30. The molecule has 5 aliphatic rings. The summed E-state index contributed by atoms with van der Waals surface area (Å²) in [6.07, 6.45) is 14.8. The second-order valence-electron chi connectivity index (χ2n) is 12.7. The second-order valence-corrected chi connectivity index (χ2v) is 12.7. The number of amides is 2. The molecule has 0 spiro atoms. The number of aliphatic carboxylic acids is 1. The standard InChI is InChI=1S/C21H29N3O3.C10H18/c1-14-9-10-15-12-17(13-18(14)22-15)24(16-6-3-2-4-7-16)21(27)23-11-5-8-19(23)20(25)26;1-8-5-6-9-3-2-4-10(8)7-9/h2-4,6-7,14-15,17-19,22H,5,8-13H2,1H3,(H,25,26);8-10H,2-7H2,1H3/t14?,15-,17+,18?,19+;8?,9-,10?/m01/s1. The van der Waals surface area contributed by atoms with Gasteiger partial charge in [-0.25, -0.2) is 9.59 Å². The van der Waals surface area contributed by atoms with Crippen molar-refractivity contribution in [3.05, 3.63) is 30.3 Å². The highest BCUT2D eigenvalue weighted by Gasteiger charge is 2.43. The minimum absolute atomic E-state index is 0.106. The lowest BCUT2D eigenvalue weighted by molar-refractivity contribution is -0.141. The number of fused-ring (bicyclic) bond motifs is 4. The van der Waals surface area contributed by atoms with Crippen LogP contribution in [0.15, 0.2) is 30.3 Å². The van der Waals surface area contributed by atoms with E-state index in [0.29, 0.717) is 31.0 Å². The molecule has 2 amide bonds. The van der Waals surface area contributed by atoms with Gasteiger partial charge >= 0.3 is 12.0 Å². The number of hydrogen-bond donors (Lipinski definition) is 2. The van der Waals surface area contributed by atoms with Crippen LogP contribution in [0.25, 0.3) is 0 Å². The Morgan fingerprint density at radius 1 is 0.892 bits per heavy atom. The smallest absolute Gasteiger partial charge is 0.326 e. The van der Waals surface area contributed by atoms with Crippen molar-refractivity contribution >= 4 is 17.7 Å². The molecule has 2 saturated carbocycles. The molecule has 2 aliphatic carbocycles. The number of hydrogen-bond acceptors (Lipinski definition) is 3. The van der Waals surface area contributed by atoms with E-state index in [-0.39, 0.29) is 12.1 Å². The Labute approximate surface area is 223 Å². The van der Waals surface area contributed by atoms with Gasteiger partial charge in [0.25, 0.3) is 0 Å². The van der Waals surface area contributed by atoms with Crippen LogP contribution < -0.4 is 10.2 Å². The Kier molecular flexibility index (Phi) is 8.43. The van der Waals surface area contributed by atoms with E-state index < -0.39 is 12.0 Å². The molecule has 3 heterocycles. The Bertz CT molecular complexity index is 922. The van der Waals surface area contributed by atoms with Gasteiger partial charge in [0.15, 0.2) is 0 Å². The zero-order chi connectivity index (χ0) is 25.9. The zero-order valence-electron chi connectivity index (χ0n) is 22.9. The molecule has 0 radical (unpaired) electrons. The number of carbonyl (C=O) groups excluding carboxylic acids is 1. The van der Waals surface area contributed by atoms with E-state index in [0.717, 1.165) is 49.1 Å². The van der Waals surface area contributed by atoms with Crippen LogP contribution in [0.1, 0.15) is 90.9 Å². The second kappa shape index (κ2) is 11.8. The molecular formula is C31H47N3O3. The molecule has 4 unspecified atom stereocenters. The van der Waals surface area contributed by atoms with Gasteiger partial charge in [0.05, 0.1) is 0 Å². The van der Waals surface area contributed by atoms with Crippen molar-refractivity contribution in [2.75, 3.05) is 11.4 Å². The average molecular weight is 510 g/mol. The number of likely N-dealkylation sites (tertiary alicyclic amines) is 1. The average Bonchev–Trinajstić information content (AvgIpc) is 3.41. The molecule has 4 bridgehead atoms. The van der Waals surface area contributed by atoms with Crippen molar-refractivity contribution in [1.29, 1.82) is 0 Å². The van der Waals surface area contributed by atoms with Gasteiger partial charge in [-0.15, -0.1) is 0 Å². The number of para-hydroxylation sites is 1. The van der Waals surface area contributed by atoms with Crippen LogP contribution in [0, 0.1) is 23.7 Å². The molecule has 2 N–H and O–H groups in total. The summed E-state index contributed by atoms with van der Waals surface area (Å²) in [5.74, 6) is 3.01. The third kappa shape index (κ3) is 6.00. The maximum absolute atomic E-state index is 13.5. The SMILES string of the molecule is CC1CC[C@H]2CCCC1C2.CC1CC[C@H]2C[C@@H](N(C(=O)N3CCC[C@@H]3C(=O)O)c3ccccc3)CC1N2. The van der Waals surface area contributed by atoms with Gasteiger partial charge in [-0.3, -0.25) is 4.90 Å². The van der Waals surface area contributed by atoms with Crippen LogP contribution in [0.5, 0.6) is 0 Å². The van der Waals surface area contributed by atoms with Crippen molar-refractivity contribution < 1.29 is 14.7 Å². The van der Waals surface area contributed by atoms with E-state index in [1.165, 1.54) is 32.1 Å². The molecule has 37 heavy (non-hydrogen) atoms. The number of nitrogens with one attached hydrogen (secondary N) is 1. The summed E-state index contributed by atoms with van der Waals surface area (Å²) < 4.78 is 0. The summed E-state index contributed by atoms with van der Waals surface area (Å²) in [6, 6.07) is 9.88. The maximum Gasteiger partial charge on any atom is 0.326 e. The molecule has 1 aromatic carbocycles. The van der Waals surface area contributed by atoms with Gasteiger partial charge in [0.1, 0.15) is 6.04 Å². The van der Waals surface area contributed by atoms with Gasteiger partial charge in [-0.2, -0.15) is 0 Å². The van der Waals surface area contributed by atoms with Crippen molar-refractivity contribution in [3.8, 4) is 0 Å². The summed E-state index contributed by atoms with van der Waals surface area (Å²) in [7, 11) is 0. The fourth-order valence-corrected chi connectivity index (χ4v) is 7.93. The van der Waals surface area contributed by atoms with Crippen LogP contribution in [0.4, 0.5) is 10.5 Å². The Morgan fingerprint density at radius 3 is 2.43 bits per heavy atom. The highest BCUT2D eigenvalue weighted by molar-refractivity contribution is 5.95. The molecule has 3 saturated heterocycles. The van der Waals surface area contributed by atoms with Crippen LogP contribution in [0.2, 0.25) is 0 Å². The van der Waals surface area contributed by atoms with Crippen LogP contribution in [0.3, 0.4) is 0 Å². The first kappa shape index (κ1) is 26.5. The van der Waals surface area contributed by atoms with Crippen LogP contribution in [-0.4, -0.2) is 52.7 Å². The first-order valence-corrected chi connectivity index (χ1v) is 15.0. The van der Waals surface area contributed by atoms with E-state index in [1.54, 1.807) is 17.7 Å². The van der Waals surface area contributed by atoms with E-state index >= 15 is 0 Å². The molecule has 8 atom stereocenters. The van der Waals surface area contributed by atoms with Crippen LogP contribution >= 0.6 is 0 Å². The lowest BCUT2D eigenvalue weighted by atomic mass is 9.67. The number of nitrogens with zero attached hydrogens (tertiary/aromatic N) is 2. The fourth-order valence-electron chi connectivity index (χ4n) is 7.93. The van der Waals surface area contributed by atoms with Gasteiger partial charge in [0, 0.05) is 30.4 Å². The number of urea groups is 1. The fraction of sp³-hybridized carbons (Fsp3) is 0.742. The molecule has 6 heteroatoms. The molecular weight excluding hydrogens is 462 g/mol. The maximum atomic E-state index is 13.5. The number of carboxylic acids is 1. The van der Waals surface area contributed by atoms with Crippen LogP contribution in [-0.2, 0) is 4.79 Å². The van der Waals surface area contributed by atoms with Crippen molar-refractivity contribution in [1.82, 2.24) is 10.2 Å². The highest BCUT2D eigenvalue weighted by atomic mass is 16.4. The van der Waals surface area contributed by atoms with Crippen molar-refractivity contribution in [2.45, 2.75) is 115 Å². The quantitative estimate of drug-likeness (QED) is 0.501. The molecule has 0 aromatic heterocycles. The lowest BCUT2D eigenvalue weighted by Crippen LogP contribution is -2.60. The number of anilines is 1. The summed E-state index contributed by atoms with van der Waals surface area (Å²) >= 11 is 0.